The predicted molar refractivity (Wildman–Crippen MR) is 136 cm³/mol. The number of amides is 1. The van der Waals surface area contributed by atoms with Crippen LogP contribution in [0.2, 0.25) is 0 Å². The van der Waals surface area contributed by atoms with Crippen LogP contribution in [0, 0.1) is 13.8 Å². The lowest BCUT2D eigenvalue weighted by Crippen LogP contribution is -2.33. The summed E-state index contributed by atoms with van der Waals surface area (Å²) in [7, 11) is 2.83. The van der Waals surface area contributed by atoms with Gasteiger partial charge in [0.1, 0.15) is 17.2 Å². The SMILES string of the molecule is CCN(CC)CCCN1C(=O)C(=O)C(=C(O)c2c(C)[nH]c(C(=O)OC)c2C)[C@H]1c1ccc(OC)cc1. The lowest BCUT2D eigenvalue weighted by atomic mass is 9.94. The van der Waals surface area contributed by atoms with E-state index in [1.165, 1.54) is 12.0 Å². The largest absolute Gasteiger partial charge is 0.507 e. The molecule has 0 bridgehead atoms. The Hall–Kier alpha value is -3.59. The third kappa shape index (κ3) is 5.02. The highest BCUT2D eigenvalue weighted by atomic mass is 16.5. The molecule has 2 N–H and O–H groups in total. The Kier molecular flexibility index (Phi) is 8.57. The molecule has 1 saturated heterocycles. The van der Waals surface area contributed by atoms with Crippen LogP contribution < -0.4 is 4.74 Å². The average Bonchev–Trinajstić information content (AvgIpc) is 3.32. The van der Waals surface area contributed by atoms with E-state index < -0.39 is 23.7 Å². The number of rotatable bonds is 10. The van der Waals surface area contributed by atoms with Crippen LogP contribution in [0.15, 0.2) is 29.8 Å². The maximum absolute atomic E-state index is 13.3. The third-order valence-corrected chi connectivity index (χ3v) is 6.80. The standard InChI is InChI=1S/C27H35N3O6/c1-7-29(8-2)14-9-15-30-23(18-10-12-19(35-5)13-11-18)21(25(32)26(30)33)24(31)20-16(3)22(27(34)36-6)28-17(20)4/h10-13,23,28,31H,7-9,14-15H2,1-6H3/t23-/m1/s1. The molecule has 0 unspecified atom stereocenters. The van der Waals surface area contributed by atoms with E-state index in [2.05, 4.69) is 23.7 Å². The number of Topliss-reactive ketones (excluding diaryl/α,β-unsaturated/α-hetero) is 1. The molecule has 0 saturated carbocycles. The van der Waals surface area contributed by atoms with E-state index in [4.69, 9.17) is 9.47 Å². The van der Waals surface area contributed by atoms with Crippen molar-refractivity contribution in [3.63, 3.8) is 0 Å². The van der Waals surface area contributed by atoms with Crippen LogP contribution in [-0.4, -0.2) is 77.9 Å². The summed E-state index contributed by atoms with van der Waals surface area (Å²) in [5.74, 6) is -1.68. The summed E-state index contributed by atoms with van der Waals surface area (Å²) in [6, 6.07) is 6.32. The number of likely N-dealkylation sites (tertiary alicyclic amines) is 1. The first-order chi connectivity index (χ1) is 17.2. The van der Waals surface area contributed by atoms with Crippen molar-refractivity contribution in [1.82, 2.24) is 14.8 Å². The van der Waals surface area contributed by atoms with Gasteiger partial charge >= 0.3 is 5.97 Å². The van der Waals surface area contributed by atoms with Crippen molar-refractivity contribution in [1.29, 1.82) is 0 Å². The normalized spacial score (nSPS) is 17.2. The Morgan fingerprint density at radius 2 is 1.75 bits per heavy atom. The number of ketones is 1. The molecular weight excluding hydrogens is 462 g/mol. The van der Waals surface area contributed by atoms with E-state index in [0.29, 0.717) is 41.1 Å². The van der Waals surface area contributed by atoms with Crippen LogP contribution in [0.1, 0.15) is 59.2 Å². The van der Waals surface area contributed by atoms with E-state index in [0.717, 1.165) is 19.6 Å². The number of carbonyl (C=O) groups is 3. The van der Waals surface area contributed by atoms with E-state index in [9.17, 15) is 19.5 Å². The maximum atomic E-state index is 13.3. The molecule has 2 aromatic rings. The summed E-state index contributed by atoms with van der Waals surface area (Å²) in [6.45, 7) is 10.4. The van der Waals surface area contributed by atoms with Crippen molar-refractivity contribution >= 4 is 23.4 Å². The fraction of sp³-hybridized carbons (Fsp3) is 0.444. The quantitative estimate of drug-likeness (QED) is 0.223. The Balaban J connectivity index is 2.12. The number of benzene rings is 1. The number of nitrogens with zero attached hydrogens (tertiary/aromatic N) is 2. The van der Waals surface area contributed by atoms with Gasteiger partial charge in [0.2, 0.25) is 0 Å². The molecule has 0 aliphatic carbocycles. The highest BCUT2D eigenvalue weighted by molar-refractivity contribution is 6.46. The zero-order valence-corrected chi connectivity index (χ0v) is 21.8. The molecule has 9 nitrogen and oxygen atoms in total. The zero-order valence-electron chi connectivity index (χ0n) is 21.8. The van der Waals surface area contributed by atoms with Gasteiger partial charge in [-0.1, -0.05) is 26.0 Å². The third-order valence-electron chi connectivity index (χ3n) is 6.80. The first kappa shape index (κ1) is 27.0. The number of aromatic amines is 1. The molecule has 9 heteroatoms. The lowest BCUT2D eigenvalue weighted by Gasteiger charge is -2.27. The number of aliphatic hydroxyl groups excluding tert-OH is 1. The monoisotopic (exact) mass is 497 g/mol. The maximum Gasteiger partial charge on any atom is 0.354 e. The molecule has 1 fully saturated rings. The number of hydrogen-bond acceptors (Lipinski definition) is 7. The second-order valence-electron chi connectivity index (χ2n) is 8.76. The molecule has 36 heavy (non-hydrogen) atoms. The van der Waals surface area contributed by atoms with Crippen molar-refractivity contribution in [3.05, 3.63) is 57.9 Å². The second-order valence-corrected chi connectivity index (χ2v) is 8.76. The van der Waals surface area contributed by atoms with E-state index in [1.807, 2.05) is 0 Å². The van der Waals surface area contributed by atoms with E-state index in [-0.39, 0.29) is 17.0 Å². The fourth-order valence-corrected chi connectivity index (χ4v) is 4.79. The van der Waals surface area contributed by atoms with Crippen LogP contribution in [0.25, 0.3) is 5.76 Å². The van der Waals surface area contributed by atoms with Crippen LogP contribution >= 0.6 is 0 Å². The van der Waals surface area contributed by atoms with Crippen LogP contribution in [0.5, 0.6) is 5.75 Å². The van der Waals surface area contributed by atoms with Crippen molar-refractivity contribution in [2.24, 2.45) is 0 Å². The fourth-order valence-electron chi connectivity index (χ4n) is 4.79. The Labute approximate surface area is 211 Å². The molecule has 0 radical (unpaired) electrons. The Morgan fingerprint density at radius 1 is 1.11 bits per heavy atom. The number of aromatic nitrogens is 1. The predicted octanol–water partition coefficient (Wildman–Crippen LogP) is 3.58. The summed E-state index contributed by atoms with van der Waals surface area (Å²) in [5, 5.41) is 11.5. The summed E-state index contributed by atoms with van der Waals surface area (Å²) >= 11 is 0. The first-order valence-corrected chi connectivity index (χ1v) is 12.1. The Bertz CT molecular complexity index is 1160. The second kappa shape index (κ2) is 11.4. The zero-order chi connectivity index (χ0) is 26.6. The number of nitrogens with one attached hydrogen (secondary N) is 1. The molecule has 1 aromatic carbocycles. The molecule has 1 atom stereocenters. The molecule has 1 aliphatic rings. The number of aryl methyl sites for hydroxylation is 1. The van der Waals surface area contributed by atoms with Gasteiger partial charge in [-0.2, -0.15) is 0 Å². The van der Waals surface area contributed by atoms with Gasteiger partial charge in [-0.05, 0) is 63.2 Å². The van der Waals surface area contributed by atoms with Gasteiger partial charge in [-0.25, -0.2) is 4.79 Å². The van der Waals surface area contributed by atoms with Gasteiger partial charge in [0.05, 0.1) is 25.8 Å². The van der Waals surface area contributed by atoms with Gasteiger partial charge < -0.3 is 29.4 Å². The van der Waals surface area contributed by atoms with E-state index >= 15 is 0 Å². The molecular formula is C27H35N3O6. The number of hydrogen-bond donors (Lipinski definition) is 2. The number of methoxy groups -OCH3 is 2. The number of H-pyrrole nitrogens is 1. The molecule has 2 heterocycles. The van der Waals surface area contributed by atoms with E-state index in [1.54, 1.807) is 45.2 Å². The summed E-state index contributed by atoms with van der Waals surface area (Å²) in [5.41, 5.74) is 2.11. The van der Waals surface area contributed by atoms with Gasteiger partial charge in [0, 0.05) is 17.8 Å². The smallest absolute Gasteiger partial charge is 0.354 e. The van der Waals surface area contributed by atoms with Crippen molar-refractivity contribution in [3.8, 4) is 5.75 Å². The number of carbonyl (C=O) groups excluding carboxylic acids is 3. The molecule has 1 amide bonds. The van der Waals surface area contributed by atoms with Crippen molar-refractivity contribution in [2.45, 2.75) is 40.2 Å². The molecule has 1 aromatic heterocycles. The minimum atomic E-state index is -0.775. The van der Waals surface area contributed by atoms with Gasteiger partial charge in [-0.3, -0.25) is 9.59 Å². The topological polar surface area (TPSA) is 112 Å². The highest BCUT2D eigenvalue weighted by Crippen LogP contribution is 2.41. The number of ether oxygens (including phenoxy) is 2. The minimum absolute atomic E-state index is 0.00498. The van der Waals surface area contributed by atoms with Crippen LogP contribution in [0.4, 0.5) is 0 Å². The average molecular weight is 498 g/mol. The van der Waals surface area contributed by atoms with Gasteiger partial charge in [0.25, 0.3) is 11.7 Å². The summed E-state index contributed by atoms with van der Waals surface area (Å²) < 4.78 is 10.1. The van der Waals surface area contributed by atoms with Gasteiger partial charge in [0.15, 0.2) is 0 Å². The molecule has 0 spiro atoms. The molecule has 1 aliphatic heterocycles. The summed E-state index contributed by atoms with van der Waals surface area (Å²) in [4.78, 5) is 45.4. The number of esters is 1. The molecule has 194 valence electrons. The molecule has 3 rings (SSSR count). The van der Waals surface area contributed by atoms with Crippen molar-refractivity contribution < 1.29 is 29.0 Å². The summed E-state index contributed by atoms with van der Waals surface area (Å²) in [6.07, 6.45) is 0.677. The minimum Gasteiger partial charge on any atom is -0.507 e. The van der Waals surface area contributed by atoms with Gasteiger partial charge in [-0.15, -0.1) is 0 Å². The number of aliphatic hydroxyl groups is 1. The Morgan fingerprint density at radius 3 is 2.31 bits per heavy atom. The first-order valence-electron chi connectivity index (χ1n) is 12.1. The van der Waals surface area contributed by atoms with Crippen LogP contribution in [0.3, 0.4) is 0 Å². The lowest BCUT2D eigenvalue weighted by molar-refractivity contribution is -0.140. The van der Waals surface area contributed by atoms with Crippen LogP contribution in [-0.2, 0) is 14.3 Å². The van der Waals surface area contributed by atoms with Crippen molar-refractivity contribution in [2.75, 3.05) is 40.4 Å². The highest BCUT2D eigenvalue weighted by Gasteiger charge is 2.46.